The minimum atomic E-state index is 0.131. The van der Waals surface area contributed by atoms with Crippen molar-refractivity contribution < 1.29 is 4.42 Å². The van der Waals surface area contributed by atoms with Crippen LogP contribution in [0.25, 0.3) is 11.1 Å². The Morgan fingerprint density at radius 1 is 1.42 bits per heavy atom. The Labute approximate surface area is 128 Å². The molecule has 0 aliphatic carbocycles. The molecule has 2 aromatic heterocycles. The van der Waals surface area contributed by atoms with Crippen molar-refractivity contribution in [1.29, 1.82) is 0 Å². The van der Waals surface area contributed by atoms with E-state index >= 15 is 0 Å². The van der Waals surface area contributed by atoms with E-state index in [1.165, 1.54) is 0 Å². The first-order chi connectivity index (χ1) is 9.15. The molecule has 3 aromatic rings. The lowest BCUT2D eigenvalue weighted by atomic mass is 10.2. The summed E-state index contributed by atoms with van der Waals surface area (Å²) in [4.78, 5) is 5.74. The average Bonchev–Trinajstić information content (AvgIpc) is 2.93. The summed E-state index contributed by atoms with van der Waals surface area (Å²) in [6, 6.07) is 7.79. The van der Waals surface area contributed by atoms with Gasteiger partial charge < -0.3 is 4.42 Å². The predicted octanol–water partition coefficient (Wildman–Crippen LogP) is 5.53. The molecule has 0 saturated carbocycles. The van der Waals surface area contributed by atoms with Crippen molar-refractivity contribution in [2.24, 2.45) is 0 Å². The summed E-state index contributed by atoms with van der Waals surface area (Å²) < 4.78 is 5.73. The normalized spacial score (nSPS) is 13.0. The predicted molar refractivity (Wildman–Crippen MR) is 83.4 cm³/mol. The van der Waals surface area contributed by atoms with Crippen LogP contribution in [0.4, 0.5) is 0 Å². The number of hydrogen-bond acceptors (Lipinski definition) is 3. The van der Waals surface area contributed by atoms with E-state index in [1.807, 2.05) is 31.2 Å². The summed E-state index contributed by atoms with van der Waals surface area (Å²) in [5, 5.41) is 2.90. The van der Waals surface area contributed by atoms with Gasteiger partial charge in [0.15, 0.2) is 11.5 Å². The Hall–Kier alpha value is -0.840. The summed E-state index contributed by atoms with van der Waals surface area (Å²) in [6.45, 7) is 2.02. The Balaban J connectivity index is 1.86. The van der Waals surface area contributed by atoms with Crippen molar-refractivity contribution in [3.05, 3.63) is 51.0 Å². The largest absolute Gasteiger partial charge is 0.441 e. The summed E-state index contributed by atoms with van der Waals surface area (Å²) in [5.74, 6) is 0.727. The van der Waals surface area contributed by atoms with Gasteiger partial charge in [-0.05, 0) is 30.0 Å². The van der Waals surface area contributed by atoms with Crippen molar-refractivity contribution >= 4 is 50.0 Å². The summed E-state index contributed by atoms with van der Waals surface area (Å²) in [6.07, 6.45) is 0.689. The average molecular weight is 357 g/mol. The molecule has 3 rings (SSSR count). The zero-order chi connectivity index (χ0) is 13.4. The molecule has 1 aromatic carbocycles. The van der Waals surface area contributed by atoms with Crippen molar-refractivity contribution in [3.63, 3.8) is 0 Å². The van der Waals surface area contributed by atoms with Gasteiger partial charge in [-0.25, -0.2) is 4.98 Å². The maximum absolute atomic E-state index is 6.28. The number of benzene rings is 1. The third-order valence-corrected chi connectivity index (χ3v) is 5.81. The van der Waals surface area contributed by atoms with Gasteiger partial charge in [0.2, 0.25) is 0 Å². The van der Waals surface area contributed by atoms with E-state index in [0.29, 0.717) is 6.42 Å². The monoisotopic (exact) mass is 355 g/mol. The fourth-order valence-electron chi connectivity index (χ4n) is 1.91. The number of fused-ring (bicyclic) bond motifs is 1. The maximum atomic E-state index is 6.28. The molecule has 0 aliphatic heterocycles. The second kappa shape index (κ2) is 5.27. The molecular weight excluding hydrogens is 346 g/mol. The van der Waals surface area contributed by atoms with Crippen LogP contribution in [0.2, 0.25) is 5.02 Å². The minimum absolute atomic E-state index is 0.131. The van der Waals surface area contributed by atoms with Gasteiger partial charge in [0.1, 0.15) is 5.52 Å². The smallest absolute Gasteiger partial charge is 0.196 e. The molecule has 2 heterocycles. The number of rotatable bonds is 3. The number of thiophene rings is 1. The van der Waals surface area contributed by atoms with E-state index in [9.17, 15) is 0 Å². The molecule has 0 aliphatic rings. The molecule has 0 saturated heterocycles. The van der Waals surface area contributed by atoms with Crippen LogP contribution < -0.4 is 0 Å². The van der Waals surface area contributed by atoms with E-state index in [4.69, 9.17) is 16.0 Å². The molecule has 1 atom stereocenters. The van der Waals surface area contributed by atoms with Crippen LogP contribution in [-0.4, -0.2) is 4.98 Å². The van der Waals surface area contributed by atoms with E-state index in [1.54, 1.807) is 11.3 Å². The Kier molecular flexibility index (Phi) is 3.65. The highest BCUT2D eigenvalue weighted by Gasteiger charge is 2.18. The molecule has 2 nitrogen and oxygen atoms in total. The first-order valence-electron chi connectivity index (χ1n) is 5.87. The maximum Gasteiger partial charge on any atom is 0.196 e. The zero-order valence-corrected chi connectivity index (χ0v) is 13.3. The summed E-state index contributed by atoms with van der Waals surface area (Å²) in [5.41, 5.74) is 2.83. The SMILES string of the molecule is Cc1csc(C(Br)Cc2nc3ccccc3o2)c1Cl. The lowest BCUT2D eigenvalue weighted by Crippen LogP contribution is -1.93. The molecular formula is C14H11BrClNOS. The highest BCUT2D eigenvalue weighted by atomic mass is 79.9. The molecule has 0 N–H and O–H groups in total. The van der Waals surface area contributed by atoms with Gasteiger partial charge in [-0.1, -0.05) is 39.7 Å². The molecule has 0 bridgehead atoms. The van der Waals surface area contributed by atoms with Crippen molar-refractivity contribution in [2.45, 2.75) is 18.2 Å². The van der Waals surface area contributed by atoms with Crippen molar-refractivity contribution in [2.75, 3.05) is 0 Å². The van der Waals surface area contributed by atoms with E-state index < -0.39 is 0 Å². The standard InChI is InChI=1S/C14H11BrClNOS/c1-8-7-19-14(13(8)16)9(15)6-12-17-10-4-2-3-5-11(10)18-12/h2-5,7,9H,6H2,1H3. The Morgan fingerprint density at radius 3 is 2.89 bits per heavy atom. The quantitative estimate of drug-likeness (QED) is 0.577. The fourth-order valence-corrected chi connectivity index (χ4v) is 4.18. The molecule has 19 heavy (non-hydrogen) atoms. The van der Waals surface area contributed by atoms with Gasteiger partial charge >= 0.3 is 0 Å². The van der Waals surface area contributed by atoms with Crippen molar-refractivity contribution in [1.82, 2.24) is 4.98 Å². The third kappa shape index (κ3) is 2.57. The van der Waals surface area contributed by atoms with Gasteiger partial charge in [0.05, 0.1) is 9.85 Å². The van der Waals surface area contributed by atoms with Crippen molar-refractivity contribution in [3.8, 4) is 0 Å². The molecule has 0 radical (unpaired) electrons. The number of halogens is 2. The topological polar surface area (TPSA) is 26.0 Å². The Morgan fingerprint density at radius 2 is 2.21 bits per heavy atom. The van der Waals surface area contributed by atoms with Gasteiger partial charge in [-0.2, -0.15) is 0 Å². The number of alkyl halides is 1. The minimum Gasteiger partial charge on any atom is -0.441 e. The van der Waals surface area contributed by atoms with Gasteiger partial charge in [0, 0.05) is 11.3 Å². The molecule has 5 heteroatoms. The summed E-state index contributed by atoms with van der Waals surface area (Å²) in [7, 11) is 0. The van der Waals surface area contributed by atoms with Crippen LogP contribution in [0.15, 0.2) is 34.1 Å². The highest BCUT2D eigenvalue weighted by Crippen LogP contribution is 2.38. The van der Waals surface area contributed by atoms with Crippen LogP contribution >= 0.6 is 38.9 Å². The van der Waals surface area contributed by atoms with E-state index in [2.05, 4.69) is 26.3 Å². The van der Waals surface area contributed by atoms with E-state index in [0.717, 1.165) is 32.5 Å². The molecule has 1 unspecified atom stereocenters. The van der Waals surface area contributed by atoms with Crippen LogP contribution in [0.5, 0.6) is 0 Å². The van der Waals surface area contributed by atoms with Gasteiger partial charge in [-0.3, -0.25) is 0 Å². The lowest BCUT2D eigenvalue weighted by Gasteiger charge is -2.05. The van der Waals surface area contributed by atoms with E-state index in [-0.39, 0.29) is 4.83 Å². The molecule has 0 spiro atoms. The second-order valence-corrected chi connectivity index (χ2v) is 6.74. The van der Waals surface area contributed by atoms with Crippen LogP contribution in [0, 0.1) is 6.92 Å². The molecule has 98 valence electrons. The van der Waals surface area contributed by atoms with Gasteiger partial charge in [-0.15, -0.1) is 11.3 Å². The summed E-state index contributed by atoms with van der Waals surface area (Å²) >= 11 is 11.6. The van der Waals surface area contributed by atoms with Crippen LogP contribution in [0.3, 0.4) is 0 Å². The highest BCUT2D eigenvalue weighted by molar-refractivity contribution is 9.09. The van der Waals surface area contributed by atoms with Gasteiger partial charge in [0.25, 0.3) is 0 Å². The second-order valence-electron chi connectivity index (χ2n) is 4.34. The number of para-hydroxylation sites is 2. The number of nitrogens with zero attached hydrogens (tertiary/aromatic N) is 1. The number of aryl methyl sites for hydroxylation is 1. The first-order valence-corrected chi connectivity index (χ1v) is 8.04. The first kappa shape index (κ1) is 13.2. The molecule has 0 amide bonds. The number of aromatic nitrogens is 1. The zero-order valence-electron chi connectivity index (χ0n) is 10.2. The fraction of sp³-hybridized carbons (Fsp3) is 0.214. The van der Waals surface area contributed by atoms with Crippen LogP contribution in [-0.2, 0) is 6.42 Å². The van der Waals surface area contributed by atoms with Crippen LogP contribution in [0.1, 0.15) is 21.2 Å². The molecule has 0 fully saturated rings. The number of oxazole rings is 1. The third-order valence-electron chi connectivity index (χ3n) is 2.90. The Bertz CT molecular complexity index is 688. The number of hydrogen-bond donors (Lipinski definition) is 0. The lowest BCUT2D eigenvalue weighted by molar-refractivity contribution is 0.528.